The van der Waals surface area contributed by atoms with Crippen molar-refractivity contribution in [3.63, 3.8) is 0 Å². The van der Waals surface area contributed by atoms with Crippen molar-refractivity contribution in [3.8, 4) is 0 Å². The molecular weight excluding hydrogens is 316 g/mol. The summed E-state index contributed by atoms with van der Waals surface area (Å²) in [4.78, 5) is 26.9. The van der Waals surface area contributed by atoms with Crippen molar-refractivity contribution in [3.05, 3.63) is 84.4 Å². The van der Waals surface area contributed by atoms with Crippen molar-refractivity contribution in [1.82, 2.24) is 9.80 Å². The minimum absolute atomic E-state index is 0.176. The summed E-state index contributed by atoms with van der Waals surface area (Å²) in [6, 6.07) is 18.8. The van der Waals surface area contributed by atoms with Gasteiger partial charge in [-0.3, -0.25) is 9.69 Å². The van der Waals surface area contributed by atoms with Crippen molar-refractivity contribution in [2.75, 3.05) is 13.1 Å². The zero-order valence-electron chi connectivity index (χ0n) is 14.0. The summed E-state index contributed by atoms with van der Waals surface area (Å²) in [6.07, 6.45) is 0.527. The highest BCUT2D eigenvalue weighted by Gasteiger charge is 2.20. The number of benzene rings is 2. The van der Waals surface area contributed by atoms with E-state index >= 15 is 0 Å². The molecule has 130 valence electrons. The lowest BCUT2D eigenvalue weighted by molar-refractivity contribution is -0.132. The normalized spacial score (nSPS) is 10.1. The minimum Gasteiger partial charge on any atom is -0.465 e. The Balaban J connectivity index is 2.05. The van der Waals surface area contributed by atoms with Gasteiger partial charge >= 0.3 is 6.09 Å². The molecule has 0 heterocycles. The van der Waals surface area contributed by atoms with Gasteiger partial charge in [0.1, 0.15) is 6.54 Å². The van der Waals surface area contributed by atoms with Crippen LogP contribution in [0.15, 0.2) is 73.3 Å². The van der Waals surface area contributed by atoms with E-state index in [1.807, 2.05) is 60.7 Å². The number of rotatable bonds is 8. The highest BCUT2D eigenvalue weighted by molar-refractivity contribution is 5.82. The first-order valence-corrected chi connectivity index (χ1v) is 8.04. The summed E-state index contributed by atoms with van der Waals surface area (Å²) < 4.78 is 0. The predicted molar refractivity (Wildman–Crippen MR) is 96.9 cm³/mol. The van der Waals surface area contributed by atoms with Gasteiger partial charge < -0.3 is 10.0 Å². The number of hydrogen-bond acceptors (Lipinski definition) is 2. The van der Waals surface area contributed by atoms with Crippen LogP contribution in [0, 0.1) is 0 Å². The van der Waals surface area contributed by atoms with Gasteiger partial charge in [0.2, 0.25) is 5.91 Å². The topological polar surface area (TPSA) is 60.9 Å². The molecular formula is C20H22N2O3. The van der Waals surface area contributed by atoms with Gasteiger partial charge in [-0.25, -0.2) is 4.79 Å². The van der Waals surface area contributed by atoms with Gasteiger partial charge in [0.05, 0.1) is 0 Å². The molecule has 0 bridgehead atoms. The minimum atomic E-state index is -1.12. The Morgan fingerprint density at radius 3 is 1.80 bits per heavy atom. The standard InChI is InChI=1S/C20H22N2O3/c1-2-13-21(14-17-9-5-3-6-10-17)19(23)16-22(20(24)25)15-18-11-7-4-8-12-18/h2-12H,1,13-16H2,(H,24,25). The van der Waals surface area contributed by atoms with Crippen LogP contribution < -0.4 is 0 Å². The van der Waals surface area contributed by atoms with Gasteiger partial charge in [-0.05, 0) is 11.1 Å². The highest BCUT2D eigenvalue weighted by Crippen LogP contribution is 2.08. The molecule has 5 heteroatoms. The summed E-state index contributed by atoms with van der Waals surface area (Å²) >= 11 is 0. The Hall–Kier alpha value is -3.08. The van der Waals surface area contributed by atoms with Crippen LogP contribution in [0.2, 0.25) is 0 Å². The lowest BCUT2D eigenvalue weighted by Crippen LogP contribution is -2.42. The van der Waals surface area contributed by atoms with Gasteiger partial charge in [-0.2, -0.15) is 0 Å². The van der Waals surface area contributed by atoms with E-state index in [2.05, 4.69) is 6.58 Å². The fourth-order valence-corrected chi connectivity index (χ4v) is 2.47. The summed E-state index contributed by atoms with van der Waals surface area (Å²) in [5.41, 5.74) is 1.83. The Morgan fingerprint density at radius 1 is 0.880 bits per heavy atom. The molecule has 2 rings (SSSR count). The number of amides is 2. The van der Waals surface area contributed by atoms with Gasteiger partial charge in [-0.1, -0.05) is 66.7 Å². The van der Waals surface area contributed by atoms with Gasteiger partial charge in [0.15, 0.2) is 0 Å². The van der Waals surface area contributed by atoms with Crippen molar-refractivity contribution < 1.29 is 14.7 Å². The lowest BCUT2D eigenvalue weighted by atomic mass is 10.2. The molecule has 0 saturated carbocycles. The predicted octanol–water partition coefficient (Wildman–Crippen LogP) is 3.38. The molecule has 25 heavy (non-hydrogen) atoms. The third-order valence-corrected chi connectivity index (χ3v) is 3.73. The summed E-state index contributed by atoms with van der Waals surface area (Å²) in [7, 11) is 0. The van der Waals surface area contributed by atoms with E-state index in [-0.39, 0.29) is 19.0 Å². The summed E-state index contributed by atoms with van der Waals surface area (Å²) in [5.74, 6) is -0.248. The molecule has 0 aromatic heterocycles. The summed E-state index contributed by atoms with van der Waals surface area (Å²) in [6.45, 7) is 4.46. The molecule has 0 radical (unpaired) electrons. The maximum Gasteiger partial charge on any atom is 0.408 e. The third-order valence-electron chi connectivity index (χ3n) is 3.73. The smallest absolute Gasteiger partial charge is 0.408 e. The fraction of sp³-hybridized carbons (Fsp3) is 0.200. The molecule has 0 spiro atoms. The van der Waals surface area contributed by atoms with Crippen LogP contribution in [0.25, 0.3) is 0 Å². The van der Waals surface area contributed by atoms with Crippen LogP contribution in [0.1, 0.15) is 11.1 Å². The molecule has 2 amide bonds. The first-order valence-electron chi connectivity index (χ1n) is 8.04. The van der Waals surface area contributed by atoms with Gasteiger partial charge in [0, 0.05) is 19.6 Å². The van der Waals surface area contributed by atoms with Crippen LogP contribution >= 0.6 is 0 Å². The fourth-order valence-electron chi connectivity index (χ4n) is 2.47. The zero-order chi connectivity index (χ0) is 18.1. The van der Waals surface area contributed by atoms with E-state index in [1.165, 1.54) is 0 Å². The SMILES string of the molecule is C=CCN(Cc1ccccc1)C(=O)CN(Cc1ccccc1)C(=O)O. The van der Waals surface area contributed by atoms with E-state index in [1.54, 1.807) is 11.0 Å². The van der Waals surface area contributed by atoms with Crippen molar-refractivity contribution in [2.24, 2.45) is 0 Å². The molecule has 2 aromatic carbocycles. The van der Waals surface area contributed by atoms with E-state index in [9.17, 15) is 14.7 Å². The second-order valence-electron chi connectivity index (χ2n) is 5.67. The zero-order valence-corrected chi connectivity index (χ0v) is 14.0. The average Bonchev–Trinajstić information content (AvgIpc) is 2.62. The second kappa shape index (κ2) is 9.27. The van der Waals surface area contributed by atoms with E-state index < -0.39 is 6.09 Å². The number of carboxylic acid groups (broad SMARTS) is 1. The molecule has 0 fully saturated rings. The average molecular weight is 338 g/mol. The van der Waals surface area contributed by atoms with Crippen LogP contribution in [-0.2, 0) is 17.9 Å². The van der Waals surface area contributed by atoms with E-state index in [0.717, 1.165) is 16.0 Å². The molecule has 0 aliphatic heterocycles. The molecule has 0 saturated heterocycles. The maximum atomic E-state index is 12.6. The molecule has 0 unspecified atom stereocenters. The maximum absolute atomic E-state index is 12.6. The molecule has 2 aromatic rings. The third kappa shape index (κ3) is 5.80. The Labute approximate surface area is 147 Å². The Kier molecular flexibility index (Phi) is 6.77. The molecule has 0 aliphatic carbocycles. The van der Waals surface area contributed by atoms with Crippen LogP contribution in [0.4, 0.5) is 4.79 Å². The van der Waals surface area contributed by atoms with Gasteiger partial charge in [-0.15, -0.1) is 6.58 Å². The molecule has 0 atom stereocenters. The number of nitrogens with zero attached hydrogens (tertiary/aromatic N) is 2. The first kappa shape index (κ1) is 18.3. The Morgan fingerprint density at radius 2 is 1.36 bits per heavy atom. The number of carbonyl (C=O) groups is 2. The largest absolute Gasteiger partial charge is 0.465 e. The van der Waals surface area contributed by atoms with E-state index in [0.29, 0.717) is 13.1 Å². The quantitative estimate of drug-likeness (QED) is 0.751. The van der Waals surface area contributed by atoms with Crippen LogP contribution in [0.5, 0.6) is 0 Å². The first-order chi connectivity index (χ1) is 12.1. The van der Waals surface area contributed by atoms with Crippen molar-refractivity contribution in [1.29, 1.82) is 0 Å². The lowest BCUT2D eigenvalue weighted by Gasteiger charge is -2.25. The number of carbonyl (C=O) groups excluding carboxylic acids is 1. The molecule has 5 nitrogen and oxygen atoms in total. The van der Waals surface area contributed by atoms with Crippen molar-refractivity contribution in [2.45, 2.75) is 13.1 Å². The Bertz CT molecular complexity index is 701. The molecule has 0 aliphatic rings. The number of hydrogen-bond donors (Lipinski definition) is 1. The summed E-state index contributed by atoms with van der Waals surface area (Å²) in [5, 5.41) is 9.42. The van der Waals surface area contributed by atoms with Crippen LogP contribution in [-0.4, -0.2) is 40.0 Å². The van der Waals surface area contributed by atoms with Crippen LogP contribution in [0.3, 0.4) is 0 Å². The van der Waals surface area contributed by atoms with E-state index in [4.69, 9.17) is 0 Å². The monoisotopic (exact) mass is 338 g/mol. The highest BCUT2D eigenvalue weighted by atomic mass is 16.4. The van der Waals surface area contributed by atoms with Gasteiger partial charge in [0.25, 0.3) is 0 Å². The van der Waals surface area contributed by atoms with Crippen molar-refractivity contribution >= 4 is 12.0 Å². The second-order valence-corrected chi connectivity index (χ2v) is 5.67. The molecule has 1 N–H and O–H groups in total.